The zero-order chi connectivity index (χ0) is 16.1. The smallest absolute Gasteiger partial charge is 0.239 e. The molecule has 3 rings (SSSR count). The fraction of sp³-hybridized carbons (Fsp3) is 0.947. The Balaban J connectivity index is 1.41. The minimum atomic E-state index is -0.260. The maximum absolute atomic E-state index is 12.6. The fourth-order valence-corrected chi connectivity index (χ4v) is 4.85. The van der Waals surface area contributed by atoms with E-state index in [0.717, 1.165) is 32.4 Å². The van der Waals surface area contributed by atoms with Crippen LogP contribution < -0.4 is 5.73 Å². The summed E-state index contributed by atoms with van der Waals surface area (Å²) < 4.78 is 0. The molecular weight excluding hydrogens is 286 g/mol. The molecule has 132 valence electrons. The second-order valence-corrected chi connectivity index (χ2v) is 8.00. The third kappa shape index (κ3) is 4.69. The minimum absolute atomic E-state index is 0.215. The Bertz CT molecular complexity index is 367. The van der Waals surface area contributed by atoms with E-state index in [2.05, 4.69) is 4.90 Å². The van der Waals surface area contributed by atoms with Crippen LogP contribution in [-0.4, -0.2) is 54.0 Å². The van der Waals surface area contributed by atoms with E-state index in [1.807, 2.05) is 4.90 Å². The zero-order valence-electron chi connectivity index (χ0n) is 14.7. The molecule has 2 heterocycles. The molecule has 0 spiro atoms. The van der Waals surface area contributed by atoms with Crippen LogP contribution in [0.3, 0.4) is 0 Å². The summed E-state index contributed by atoms with van der Waals surface area (Å²) in [6.45, 7) is 4.36. The Labute approximate surface area is 141 Å². The van der Waals surface area contributed by atoms with Crippen LogP contribution in [0.15, 0.2) is 0 Å². The van der Waals surface area contributed by atoms with Crippen LogP contribution in [0.5, 0.6) is 0 Å². The Morgan fingerprint density at radius 3 is 2.13 bits per heavy atom. The van der Waals surface area contributed by atoms with Crippen LogP contribution in [-0.2, 0) is 4.79 Å². The molecule has 4 nitrogen and oxygen atoms in total. The quantitative estimate of drug-likeness (QED) is 0.866. The second kappa shape index (κ2) is 8.48. The molecule has 0 aromatic carbocycles. The van der Waals surface area contributed by atoms with Gasteiger partial charge in [-0.1, -0.05) is 38.5 Å². The van der Waals surface area contributed by atoms with Crippen LogP contribution in [0.4, 0.5) is 0 Å². The number of likely N-dealkylation sites (tertiary alicyclic amines) is 2. The van der Waals surface area contributed by atoms with Gasteiger partial charge in [-0.25, -0.2) is 0 Å². The van der Waals surface area contributed by atoms with Crippen molar-refractivity contribution in [2.75, 3.05) is 26.2 Å². The molecule has 0 aromatic rings. The molecule has 1 amide bonds. The number of piperidine rings is 2. The van der Waals surface area contributed by atoms with Gasteiger partial charge in [-0.15, -0.1) is 0 Å². The first-order valence-corrected chi connectivity index (χ1v) is 10.0. The molecule has 4 heteroatoms. The highest BCUT2D eigenvalue weighted by molar-refractivity contribution is 5.81. The second-order valence-electron chi connectivity index (χ2n) is 8.00. The SMILES string of the molecule is NC(CC1CCCCC1)C(=O)N1CCC(N2CCCCC2)CC1. The van der Waals surface area contributed by atoms with E-state index in [0.29, 0.717) is 12.0 Å². The van der Waals surface area contributed by atoms with Crippen LogP contribution in [0.25, 0.3) is 0 Å². The first-order chi connectivity index (χ1) is 11.2. The van der Waals surface area contributed by atoms with Gasteiger partial charge in [-0.2, -0.15) is 0 Å². The van der Waals surface area contributed by atoms with E-state index in [1.54, 1.807) is 0 Å². The Hall–Kier alpha value is -0.610. The summed E-state index contributed by atoms with van der Waals surface area (Å²) >= 11 is 0. The molecule has 2 aliphatic heterocycles. The average Bonchev–Trinajstić information content (AvgIpc) is 2.63. The zero-order valence-corrected chi connectivity index (χ0v) is 14.7. The van der Waals surface area contributed by atoms with Gasteiger partial charge >= 0.3 is 0 Å². The van der Waals surface area contributed by atoms with E-state index in [-0.39, 0.29) is 11.9 Å². The lowest BCUT2D eigenvalue weighted by molar-refractivity contribution is -0.134. The van der Waals surface area contributed by atoms with E-state index in [9.17, 15) is 4.79 Å². The van der Waals surface area contributed by atoms with Gasteiger partial charge in [0.1, 0.15) is 0 Å². The van der Waals surface area contributed by atoms with Gasteiger partial charge in [0.2, 0.25) is 5.91 Å². The highest BCUT2D eigenvalue weighted by Gasteiger charge is 2.30. The van der Waals surface area contributed by atoms with E-state index < -0.39 is 0 Å². The molecule has 3 aliphatic rings. The lowest BCUT2D eigenvalue weighted by Gasteiger charge is -2.41. The van der Waals surface area contributed by atoms with Gasteiger partial charge in [0.25, 0.3) is 0 Å². The minimum Gasteiger partial charge on any atom is -0.341 e. The Morgan fingerprint density at radius 2 is 1.48 bits per heavy atom. The summed E-state index contributed by atoms with van der Waals surface area (Å²) in [6.07, 6.45) is 13.9. The molecule has 1 aliphatic carbocycles. The van der Waals surface area contributed by atoms with Crippen molar-refractivity contribution in [1.82, 2.24) is 9.80 Å². The number of nitrogens with two attached hydrogens (primary N) is 1. The van der Waals surface area contributed by atoms with Crippen molar-refractivity contribution in [3.8, 4) is 0 Å². The molecular formula is C19H35N3O. The van der Waals surface area contributed by atoms with Crippen molar-refractivity contribution in [2.45, 2.75) is 82.7 Å². The summed E-state index contributed by atoms with van der Waals surface area (Å²) in [4.78, 5) is 17.4. The van der Waals surface area contributed by atoms with Crippen molar-refractivity contribution in [2.24, 2.45) is 11.7 Å². The first-order valence-electron chi connectivity index (χ1n) is 10.0. The van der Waals surface area contributed by atoms with Gasteiger partial charge < -0.3 is 15.5 Å². The number of nitrogens with zero attached hydrogens (tertiary/aromatic N) is 2. The lowest BCUT2D eigenvalue weighted by Crippen LogP contribution is -2.52. The number of amides is 1. The van der Waals surface area contributed by atoms with Crippen molar-refractivity contribution in [3.63, 3.8) is 0 Å². The van der Waals surface area contributed by atoms with Crippen molar-refractivity contribution < 1.29 is 4.79 Å². The van der Waals surface area contributed by atoms with E-state index in [1.165, 1.54) is 64.5 Å². The Morgan fingerprint density at radius 1 is 0.870 bits per heavy atom. The molecule has 1 saturated carbocycles. The third-order valence-corrected chi connectivity index (χ3v) is 6.31. The third-order valence-electron chi connectivity index (χ3n) is 6.31. The largest absolute Gasteiger partial charge is 0.341 e. The molecule has 3 fully saturated rings. The number of hydrogen-bond donors (Lipinski definition) is 1. The summed E-state index contributed by atoms with van der Waals surface area (Å²) in [5.41, 5.74) is 6.25. The molecule has 1 unspecified atom stereocenters. The van der Waals surface area contributed by atoms with Gasteiger partial charge in [0.05, 0.1) is 6.04 Å². The summed E-state index contributed by atoms with van der Waals surface area (Å²) in [5.74, 6) is 0.904. The molecule has 0 aromatic heterocycles. The summed E-state index contributed by atoms with van der Waals surface area (Å²) in [6, 6.07) is 0.443. The topological polar surface area (TPSA) is 49.6 Å². The van der Waals surface area contributed by atoms with E-state index >= 15 is 0 Å². The average molecular weight is 322 g/mol. The van der Waals surface area contributed by atoms with Crippen LogP contribution in [0.1, 0.15) is 70.6 Å². The summed E-state index contributed by atoms with van der Waals surface area (Å²) in [5, 5.41) is 0. The molecule has 0 radical (unpaired) electrons. The van der Waals surface area contributed by atoms with Crippen molar-refractivity contribution in [1.29, 1.82) is 0 Å². The van der Waals surface area contributed by atoms with Crippen LogP contribution in [0.2, 0.25) is 0 Å². The monoisotopic (exact) mass is 321 g/mol. The molecule has 23 heavy (non-hydrogen) atoms. The standard InChI is InChI=1S/C19H35N3O/c20-18(15-16-7-3-1-4-8-16)19(23)22-13-9-17(10-14-22)21-11-5-2-6-12-21/h16-18H,1-15,20H2. The molecule has 2 N–H and O–H groups in total. The number of carbonyl (C=O) groups excluding carboxylic acids is 1. The lowest BCUT2D eigenvalue weighted by atomic mass is 9.84. The molecule has 2 saturated heterocycles. The van der Waals surface area contributed by atoms with Crippen molar-refractivity contribution in [3.05, 3.63) is 0 Å². The molecule has 0 bridgehead atoms. The highest BCUT2D eigenvalue weighted by atomic mass is 16.2. The fourth-order valence-electron chi connectivity index (χ4n) is 4.85. The van der Waals surface area contributed by atoms with Crippen LogP contribution >= 0.6 is 0 Å². The van der Waals surface area contributed by atoms with Gasteiger partial charge in [-0.05, 0) is 51.1 Å². The van der Waals surface area contributed by atoms with Gasteiger partial charge in [-0.3, -0.25) is 4.79 Å². The maximum Gasteiger partial charge on any atom is 0.239 e. The maximum atomic E-state index is 12.6. The van der Waals surface area contributed by atoms with Gasteiger partial charge in [0, 0.05) is 19.1 Å². The predicted octanol–water partition coefficient (Wildman–Crippen LogP) is 2.76. The number of rotatable bonds is 4. The van der Waals surface area contributed by atoms with Crippen LogP contribution in [0, 0.1) is 5.92 Å². The first kappa shape index (κ1) is 17.2. The summed E-state index contributed by atoms with van der Waals surface area (Å²) in [7, 11) is 0. The predicted molar refractivity (Wildman–Crippen MR) is 94.2 cm³/mol. The number of carbonyl (C=O) groups is 1. The molecule has 1 atom stereocenters. The number of hydrogen-bond acceptors (Lipinski definition) is 3. The highest BCUT2D eigenvalue weighted by Crippen LogP contribution is 2.28. The normalized spacial score (nSPS) is 27.1. The van der Waals surface area contributed by atoms with E-state index in [4.69, 9.17) is 5.73 Å². The van der Waals surface area contributed by atoms with Crippen molar-refractivity contribution >= 4 is 5.91 Å². The van der Waals surface area contributed by atoms with Gasteiger partial charge in [0.15, 0.2) is 0 Å². The Kier molecular flexibility index (Phi) is 6.35.